The molecular formula is C19H17F2NO2. The lowest BCUT2D eigenvalue weighted by atomic mass is 9.98. The lowest BCUT2D eigenvalue weighted by Crippen LogP contribution is -2.23. The van der Waals surface area contributed by atoms with Crippen molar-refractivity contribution in [2.75, 3.05) is 5.32 Å². The summed E-state index contributed by atoms with van der Waals surface area (Å²) in [4.78, 5) is 24.8. The predicted octanol–water partition coefficient (Wildman–Crippen LogP) is 4.21. The quantitative estimate of drug-likeness (QED) is 0.507. The molecule has 24 heavy (non-hydrogen) atoms. The van der Waals surface area contributed by atoms with Gasteiger partial charge in [0.05, 0.1) is 5.57 Å². The van der Waals surface area contributed by atoms with Gasteiger partial charge in [-0.15, -0.1) is 0 Å². The topological polar surface area (TPSA) is 46.2 Å². The highest BCUT2D eigenvalue weighted by Crippen LogP contribution is 2.16. The Morgan fingerprint density at radius 1 is 0.917 bits per heavy atom. The largest absolute Gasteiger partial charge is 0.322 e. The van der Waals surface area contributed by atoms with E-state index in [1.165, 1.54) is 54.6 Å². The summed E-state index contributed by atoms with van der Waals surface area (Å²) in [5, 5.41) is 2.57. The summed E-state index contributed by atoms with van der Waals surface area (Å²) >= 11 is 0. The van der Waals surface area contributed by atoms with Gasteiger partial charge in [0.15, 0.2) is 5.78 Å². The van der Waals surface area contributed by atoms with Crippen LogP contribution in [-0.2, 0) is 9.59 Å². The molecule has 2 aromatic carbocycles. The number of hydrogen-bond acceptors (Lipinski definition) is 2. The van der Waals surface area contributed by atoms with Crippen molar-refractivity contribution in [1.82, 2.24) is 0 Å². The number of rotatable bonds is 5. The molecule has 0 saturated carbocycles. The molecule has 0 unspecified atom stereocenters. The Balaban J connectivity index is 2.31. The molecule has 0 fully saturated rings. The van der Waals surface area contributed by atoms with E-state index >= 15 is 0 Å². The Morgan fingerprint density at radius 3 is 1.92 bits per heavy atom. The summed E-state index contributed by atoms with van der Waals surface area (Å²) in [7, 11) is 0. The van der Waals surface area contributed by atoms with Gasteiger partial charge in [-0.1, -0.05) is 26.0 Å². The smallest absolute Gasteiger partial charge is 0.259 e. The molecule has 2 aromatic rings. The summed E-state index contributed by atoms with van der Waals surface area (Å²) < 4.78 is 25.9. The van der Waals surface area contributed by atoms with Gasteiger partial charge in [-0.3, -0.25) is 9.59 Å². The van der Waals surface area contributed by atoms with E-state index in [9.17, 15) is 18.4 Å². The minimum Gasteiger partial charge on any atom is -0.322 e. The standard InChI is InChI=1S/C19H17F2NO2/c1-12(2)18(23)17(11-13-3-5-14(20)6-4-13)19(24)22-16-9-7-15(21)8-10-16/h3-12H,1-2H3,(H,22,24)/b17-11+. The van der Waals surface area contributed by atoms with Crippen molar-refractivity contribution in [1.29, 1.82) is 0 Å². The number of amides is 1. The molecule has 0 aromatic heterocycles. The van der Waals surface area contributed by atoms with Crippen molar-refractivity contribution < 1.29 is 18.4 Å². The van der Waals surface area contributed by atoms with Crippen molar-refractivity contribution in [3.63, 3.8) is 0 Å². The third kappa shape index (κ3) is 4.59. The van der Waals surface area contributed by atoms with Crippen LogP contribution < -0.4 is 5.32 Å². The first-order chi connectivity index (χ1) is 11.4. The molecular weight excluding hydrogens is 312 g/mol. The van der Waals surface area contributed by atoms with E-state index in [-0.39, 0.29) is 17.3 Å². The van der Waals surface area contributed by atoms with E-state index in [1.54, 1.807) is 13.8 Å². The highest BCUT2D eigenvalue weighted by Gasteiger charge is 2.21. The first kappa shape index (κ1) is 17.5. The number of hydrogen-bond donors (Lipinski definition) is 1. The van der Waals surface area contributed by atoms with Gasteiger partial charge in [0.2, 0.25) is 0 Å². The van der Waals surface area contributed by atoms with Crippen LogP contribution in [-0.4, -0.2) is 11.7 Å². The van der Waals surface area contributed by atoms with Gasteiger partial charge in [0.1, 0.15) is 11.6 Å². The zero-order chi connectivity index (χ0) is 17.7. The highest BCUT2D eigenvalue weighted by molar-refractivity contribution is 6.26. The molecule has 0 radical (unpaired) electrons. The zero-order valence-corrected chi connectivity index (χ0v) is 13.3. The minimum absolute atomic E-state index is 0.0408. The predicted molar refractivity (Wildman–Crippen MR) is 89.3 cm³/mol. The molecule has 0 saturated heterocycles. The number of carbonyl (C=O) groups excluding carboxylic acids is 2. The van der Waals surface area contributed by atoms with Gasteiger partial charge in [0.25, 0.3) is 5.91 Å². The van der Waals surface area contributed by atoms with Crippen LogP contribution in [0.25, 0.3) is 6.08 Å². The number of halogens is 2. The van der Waals surface area contributed by atoms with E-state index in [2.05, 4.69) is 5.32 Å². The Morgan fingerprint density at radius 2 is 1.42 bits per heavy atom. The lowest BCUT2D eigenvalue weighted by Gasteiger charge is -2.11. The Hall–Kier alpha value is -2.82. The monoisotopic (exact) mass is 329 g/mol. The molecule has 3 nitrogen and oxygen atoms in total. The second-order valence-electron chi connectivity index (χ2n) is 5.59. The fraction of sp³-hybridized carbons (Fsp3) is 0.158. The van der Waals surface area contributed by atoms with Crippen LogP contribution in [0.5, 0.6) is 0 Å². The SMILES string of the molecule is CC(C)C(=O)/C(=C\c1ccc(F)cc1)C(=O)Nc1ccc(F)cc1. The van der Waals surface area contributed by atoms with Gasteiger partial charge in [-0.2, -0.15) is 0 Å². The van der Waals surface area contributed by atoms with E-state index in [1.807, 2.05) is 0 Å². The molecule has 1 amide bonds. The number of ketones is 1. The van der Waals surface area contributed by atoms with Crippen molar-refractivity contribution in [2.24, 2.45) is 5.92 Å². The Labute approximate surface area is 139 Å². The summed E-state index contributed by atoms with van der Waals surface area (Å²) in [6.07, 6.45) is 1.42. The van der Waals surface area contributed by atoms with Crippen LogP contribution in [0.1, 0.15) is 19.4 Å². The van der Waals surface area contributed by atoms with Crippen molar-refractivity contribution in [3.05, 3.63) is 71.3 Å². The van der Waals surface area contributed by atoms with Crippen molar-refractivity contribution in [2.45, 2.75) is 13.8 Å². The maximum atomic E-state index is 13.0. The third-order valence-corrected chi connectivity index (χ3v) is 3.32. The first-order valence-corrected chi connectivity index (χ1v) is 7.45. The Bertz CT molecular complexity index is 763. The summed E-state index contributed by atoms with van der Waals surface area (Å²) in [6, 6.07) is 10.7. The maximum absolute atomic E-state index is 13.0. The second kappa shape index (κ2) is 7.64. The first-order valence-electron chi connectivity index (χ1n) is 7.45. The minimum atomic E-state index is -0.593. The molecule has 0 bridgehead atoms. The molecule has 0 aliphatic rings. The maximum Gasteiger partial charge on any atom is 0.259 e. The van der Waals surface area contributed by atoms with Gasteiger partial charge in [0, 0.05) is 11.6 Å². The van der Waals surface area contributed by atoms with Crippen LogP contribution in [0, 0.1) is 17.6 Å². The summed E-state index contributed by atoms with van der Waals surface area (Å²) in [5.74, 6) is -2.13. The number of anilines is 1. The van der Waals surface area contributed by atoms with Gasteiger partial charge in [-0.25, -0.2) is 8.78 Å². The highest BCUT2D eigenvalue weighted by atomic mass is 19.1. The number of nitrogens with one attached hydrogen (secondary N) is 1. The number of carbonyl (C=O) groups is 2. The van der Waals surface area contributed by atoms with Crippen molar-refractivity contribution in [3.8, 4) is 0 Å². The number of Topliss-reactive ketones (excluding diaryl/α,β-unsaturated/α-hetero) is 1. The second-order valence-corrected chi connectivity index (χ2v) is 5.59. The van der Waals surface area contributed by atoms with E-state index in [4.69, 9.17) is 0 Å². The average Bonchev–Trinajstić information content (AvgIpc) is 2.55. The molecule has 0 aliphatic heterocycles. The van der Waals surface area contributed by atoms with Crippen LogP contribution >= 0.6 is 0 Å². The van der Waals surface area contributed by atoms with Crippen LogP contribution in [0.4, 0.5) is 14.5 Å². The van der Waals surface area contributed by atoms with Gasteiger partial charge < -0.3 is 5.32 Å². The average molecular weight is 329 g/mol. The zero-order valence-electron chi connectivity index (χ0n) is 13.3. The fourth-order valence-electron chi connectivity index (χ4n) is 2.02. The lowest BCUT2D eigenvalue weighted by molar-refractivity contribution is -0.121. The molecule has 2 rings (SSSR count). The van der Waals surface area contributed by atoms with Crippen LogP contribution in [0.15, 0.2) is 54.1 Å². The van der Waals surface area contributed by atoms with E-state index < -0.39 is 17.5 Å². The Kier molecular flexibility index (Phi) is 5.58. The summed E-state index contributed by atoms with van der Waals surface area (Å²) in [6.45, 7) is 3.37. The van der Waals surface area contributed by atoms with Gasteiger partial charge >= 0.3 is 0 Å². The fourth-order valence-corrected chi connectivity index (χ4v) is 2.02. The molecule has 1 N–H and O–H groups in total. The van der Waals surface area contributed by atoms with Gasteiger partial charge in [-0.05, 0) is 48.0 Å². The third-order valence-electron chi connectivity index (χ3n) is 3.32. The molecule has 5 heteroatoms. The normalized spacial score (nSPS) is 11.5. The molecule has 124 valence electrons. The van der Waals surface area contributed by atoms with Crippen LogP contribution in [0.3, 0.4) is 0 Å². The molecule has 0 heterocycles. The summed E-state index contributed by atoms with van der Waals surface area (Å²) in [5.41, 5.74) is 0.874. The molecule has 0 atom stereocenters. The van der Waals surface area contributed by atoms with Crippen LogP contribution in [0.2, 0.25) is 0 Å². The number of benzene rings is 2. The van der Waals surface area contributed by atoms with E-state index in [0.29, 0.717) is 11.3 Å². The van der Waals surface area contributed by atoms with Crippen molar-refractivity contribution >= 4 is 23.5 Å². The van der Waals surface area contributed by atoms with E-state index in [0.717, 1.165) is 0 Å². The molecule has 0 aliphatic carbocycles. The molecule has 0 spiro atoms.